The molecule has 4 aromatic carbocycles. The first-order valence-electron chi connectivity index (χ1n) is 12.6. The zero-order valence-electron chi connectivity index (χ0n) is 21.3. The largest absolute Gasteiger partial charge is 0.384 e. The first-order chi connectivity index (χ1) is 19.3. The topological polar surface area (TPSA) is 144 Å². The number of hydrogen-bond acceptors (Lipinski definition) is 8. The molecular weight excluding hydrogens is 512 g/mol. The molecule has 0 amide bonds. The molecule has 0 fully saturated rings. The van der Waals surface area contributed by atoms with Gasteiger partial charge in [0.15, 0.2) is 11.6 Å². The standard InChI is InChI=1S/C30H24N4O6/c35-29-23-3-1-5-25(31-17-15-19-7-11-21(12-8-19)33(37)38)27(23)30(36)24-4-2-6-26(28(24)29)32-18-16-20-9-13-22(14-10-20)34(39)40/h1-14,31-32H,15-18H2. The van der Waals surface area contributed by atoms with Gasteiger partial charge in [-0.15, -0.1) is 0 Å². The summed E-state index contributed by atoms with van der Waals surface area (Å²) in [5, 5.41) is 28.2. The smallest absolute Gasteiger partial charge is 0.269 e. The Morgan fingerprint density at radius 2 is 0.925 bits per heavy atom. The minimum Gasteiger partial charge on any atom is -0.384 e. The van der Waals surface area contributed by atoms with E-state index < -0.39 is 9.85 Å². The Morgan fingerprint density at radius 3 is 1.27 bits per heavy atom. The molecule has 10 nitrogen and oxygen atoms in total. The zero-order valence-corrected chi connectivity index (χ0v) is 21.3. The summed E-state index contributed by atoms with van der Waals surface area (Å²) in [5.74, 6) is -0.496. The fourth-order valence-corrected chi connectivity index (χ4v) is 4.79. The highest BCUT2D eigenvalue weighted by atomic mass is 16.6. The van der Waals surface area contributed by atoms with Crippen LogP contribution in [0.3, 0.4) is 0 Å². The van der Waals surface area contributed by atoms with Crippen molar-refractivity contribution in [2.45, 2.75) is 12.8 Å². The molecule has 0 saturated carbocycles. The Hall–Kier alpha value is -5.38. The highest BCUT2D eigenvalue weighted by molar-refractivity contribution is 6.31. The number of ketones is 2. The maximum absolute atomic E-state index is 13.6. The van der Waals surface area contributed by atoms with Gasteiger partial charge in [0.25, 0.3) is 11.4 Å². The van der Waals surface area contributed by atoms with E-state index in [-0.39, 0.29) is 22.9 Å². The van der Waals surface area contributed by atoms with Crippen molar-refractivity contribution in [3.05, 3.63) is 139 Å². The first-order valence-corrected chi connectivity index (χ1v) is 12.6. The van der Waals surface area contributed by atoms with Gasteiger partial charge in [0.2, 0.25) is 0 Å². The molecule has 1 aliphatic rings. The van der Waals surface area contributed by atoms with Gasteiger partial charge >= 0.3 is 0 Å². The monoisotopic (exact) mass is 536 g/mol. The molecule has 0 heterocycles. The van der Waals surface area contributed by atoms with E-state index in [0.29, 0.717) is 59.6 Å². The molecule has 0 spiro atoms. The molecular formula is C30H24N4O6. The first kappa shape index (κ1) is 26.2. The van der Waals surface area contributed by atoms with Gasteiger partial charge in [-0.25, -0.2) is 0 Å². The van der Waals surface area contributed by atoms with Crippen LogP contribution in [0.25, 0.3) is 0 Å². The summed E-state index contributed by atoms with van der Waals surface area (Å²) in [6.45, 7) is 0.930. The van der Waals surface area contributed by atoms with Crippen molar-refractivity contribution in [2.24, 2.45) is 0 Å². The number of carbonyl (C=O) groups excluding carboxylic acids is 2. The van der Waals surface area contributed by atoms with Crippen molar-refractivity contribution < 1.29 is 19.4 Å². The summed E-state index contributed by atoms with van der Waals surface area (Å²) in [5.41, 5.74) is 4.26. The van der Waals surface area contributed by atoms with E-state index in [9.17, 15) is 29.8 Å². The number of anilines is 2. The summed E-state index contributed by atoms with van der Waals surface area (Å²) < 4.78 is 0. The Kier molecular flexibility index (Phi) is 7.32. The van der Waals surface area contributed by atoms with Crippen LogP contribution in [-0.4, -0.2) is 34.5 Å². The van der Waals surface area contributed by atoms with Crippen LogP contribution in [0.2, 0.25) is 0 Å². The summed E-state index contributed by atoms with van der Waals surface area (Å²) in [7, 11) is 0. The molecule has 10 heteroatoms. The second-order valence-corrected chi connectivity index (χ2v) is 9.32. The van der Waals surface area contributed by atoms with Crippen molar-refractivity contribution in [1.82, 2.24) is 0 Å². The fourth-order valence-electron chi connectivity index (χ4n) is 4.79. The van der Waals surface area contributed by atoms with Gasteiger partial charge in [-0.1, -0.05) is 48.5 Å². The number of nitrogens with one attached hydrogen (secondary N) is 2. The average molecular weight is 537 g/mol. The Morgan fingerprint density at radius 1 is 0.550 bits per heavy atom. The van der Waals surface area contributed by atoms with Crippen LogP contribution in [0, 0.1) is 20.2 Å². The van der Waals surface area contributed by atoms with Crippen LogP contribution in [-0.2, 0) is 12.8 Å². The van der Waals surface area contributed by atoms with Crippen LogP contribution in [0.4, 0.5) is 22.7 Å². The third-order valence-electron chi connectivity index (χ3n) is 6.82. The normalized spacial score (nSPS) is 11.9. The summed E-state index contributed by atoms with van der Waals surface area (Å²) in [6, 6.07) is 22.9. The van der Waals surface area contributed by atoms with Gasteiger partial charge in [-0.05, 0) is 36.1 Å². The van der Waals surface area contributed by atoms with E-state index in [1.54, 1.807) is 60.7 Å². The highest BCUT2D eigenvalue weighted by Crippen LogP contribution is 2.35. The predicted octanol–water partition coefficient (Wildman–Crippen LogP) is 5.59. The number of non-ortho nitro benzene ring substituents is 2. The number of rotatable bonds is 10. The molecule has 200 valence electrons. The van der Waals surface area contributed by atoms with Gasteiger partial charge in [-0.2, -0.15) is 0 Å². The van der Waals surface area contributed by atoms with Gasteiger partial charge in [0.1, 0.15) is 0 Å². The van der Waals surface area contributed by atoms with E-state index in [0.717, 1.165) is 11.1 Å². The third kappa shape index (κ3) is 5.28. The van der Waals surface area contributed by atoms with E-state index >= 15 is 0 Å². The maximum atomic E-state index is 13.6. The molecule has 4 aromatic rings. The molecule has 0 bridgehead atoms. The molecule has 2 N–H and O–H groups in total. The Bertz CT molecular complexity index is 1510. The molecule has 5 rings (SSSR count). The molecule has 0 radical (unpaired) electrons. The van der Waals surface area contributed by atoms with E-state index in [4.69, 9.17) is 0 Å². The van der Waals surface area contributed by atoms with Crippen molar-refractivity contribution in [2.75, 3.05) is 23.7 Å². The van der Waals surface area contributed by atoms with Gasteiger partial charge in [-0.3, -0.25) is 29.8 Å². The molecule has 40 heavy (non-hydrogen) atoms. The molecule has 1 aliphatic carbocycles. The van der Waals surface area contributed by atoms with Crippen molar-refractivity contribution in [1.29, 1.82) is 0 Å². The number of hydrogen-bond donors (Lipinski definition) is 2. The zero-order chi connectivity index (χ0) is 28.2. The predicted molar refractivity (Wildman–Crippen MR) is 150 cm³/mol. The van der Waals surface area contributed by atoms with Crippen molar-refractivity contribution in [3.8, 4) is 0 Å². The number of nitrogens with zero attached hydrogens (tertiary/aromatic N) is 2. The summed E-state index contributed by atoms with van der Waals surface area (Å²) >= 11 is 0. The lowest BCUT2D eigenvalue weighted by Crippen LogP contribution is -2.24. The Labute approximate surface area is 229 Å². The van der Waals surface area contributed by atoms with Crippen LogP contribution in [0.15, 0.2) is 84.9 Å². The number of fused-ring (bicyclic) bond motifs is 2. The maximum Gasteiger partial charge on any atom is 0.269 e. The number of carbonyl (C=O) groups is 2. The van der Waals surface area contributed by atoms with E-state index in [1.165, 1.54) is 24.3 Å². The average Bonchev–Trinajstić information content (AvgIpc) is 2.96. The summed E-state index contributed by atoms with van der Waals surface area (Å²) in [6.07, 6.45) is 1.15. The molecule has 0 atom stereocenters. The molecule has 0 aliphatic heterocycles. The lowest BCUT2D eigenvalue weighted by Gasteiger charge is -2.23. The minimum atomic E-state index is -0.446. The molecule has 0 saturated heterocycles. The SMILES string of the molecule is O=C1c2cccc(NCCc3ccc([N+](=O)[O-])cc3)c2C(=O)c2cccc(NCCc3ccc([N+](=O)[O-])cc3)c21. The fraction of sp³-hybridized carbons (Fsp3) is 0.133. The van der Waals surface area contributed by atoms with Gasteiger partial charge in [0.05, 0.1) is 21.0 Å². The lowest BCUT2D eigenvalue weighted by atomic mass is 9.82. The van der Waals surface area contributed by atoms with Gasteiger partial charge in [0, 0.05) is 59.9 Å². The highest BCUT2D eigenvalue weighted by Gasteiger charge is 2.33. The second kappa shape index (κ2) is 11.2. The number of benzene rings is 4. The number of nitro benzene ring substituents is 2. The summed E-state index contributed by atoms with van der Waals surface area (Å²) in [4.78, 5) is 48.0. The van der Waals surface area contributed by atoms with E-state index in [1.807, 2.05) is 0 Å². The van der Waals surface area contributed by atoms with Crippen molar-refractivity contribution in [3.63, 3.8) is 0 Å². The number of nitro groups is 2. The quantitative estimate of drug-likeness (QED) is 0.174. The van der Waals surface area contributed by atoms with E-state index in [2.05, 4.69) is 10.6 Å². The lowest BCUT2D eigenvalue weighted by molar-refractivity contribution is -0.385. The van der Waals surface area contributed by atoms with Gasteiger partial charge < -0.3 is 10.6 Å². The molecule has 0 unspecified atom stereocenters. The minimum absolute atomic E-state index is 0.0248. The third-order valence-corrected chi connectivity index (χ3v) is 6.82. The van der Waals surface area contributed by atoms with Crippen LogP contribution in [0.1, 0.15) is 43.0 Å². The van der Waals surface area contributed by atoms with Crippen LogP contribution >= 0.6 is 0 Å². The van der Waals surface area contributed by atoms with Crippen molar-refractivity contribution >= 4 is 34.3 Å². The molecule has 0 aromatic heterocycles. The van der Waals surface area contributed by atoms with Crippen LogP contribution in [0.5, 0.6) is 0 Å². The second-order valence-electron chi connectivity index (χ2n) is 9.32. The van der Waals surface area contributed by atoms with Crippen LogP contribution < -0.4 is 10.6 Å². The Balaban J connectivity index is 1.30.